The second kappa shape index (κ2) is 20.3. The number of methoxy groups -OCH3 is 1. The van der Waals surface area contributed by atoms with Crippen LogP contribution in [0.15, 0.2) is 84.9 Å². The van der Waals surface area contributed by atoms with Gasteiger partial charge in [0.25, 0.3) is 0 Å². The number of nitrogens with zero attached hydrogens (tertiary/aromatic N) is 4. The molecular formula is C37H52N4O5. The first-order valence-corrected chi connectivity index (χ1v) is 16.5. The van der Waals surface area contributed by atoms with Gasteiger partial charge in [0.15, 0.2) is 0 Å². The monoisotopic (exact) mass is 632 g/mol. The standard InChI is InChI=1S/C37H52N4O5/c1-6-22-38(32-16-11-9-12-17-32)36(42)40(24-8-3)34-20-15-21-35(29-34)41(30-31(4)46-28-27-45-26-25-44-5)37(43)39(23-7-2)33-18-13-10-14-19-33/h9-21,29,31H,6-8,22-28,30H2,1-5H3/t31-/m1/s1. The number of para-hydroxylation sites is 2. The zero-order chi connectivity index (χ0) is 33.1. The quantitative estimate of drug-likeness (QED) is 0.126. The number of benzene rings is 3. The molecule has 0 bridgehead atoms. The van der Waals surface area contributed by atoms with Gasteiger partial charge >= 0.3 is 12.1 Å². The van der Waals surface area contributed by atoms with Crippen molar-refractivity contribution in [2.75, 3.05) is 79.3 Å². The van der Waals surface area contributed by atoms with Crippen molar-refractivity contribution in [3.63, 3.8) is 0 Å². The highest BCUT2D eigenvalue weighted by atomic mass is 16.5. The average molecular weight is 633 g/mol. The summed E-state index contributed by atoms with van der Waals surface area (Å²) in [6, 6.07) is 27.0. The van der Waals surface area contributed by atoms with Crippen molar-refractivity contribution in [2.24, 2.45) is 0 Å². The summed E-state index contributed by atoms with van der Waals surface area (Å²) in [5, 5.41) is 0. The summed E-state index contributed by atoms with van der Waals surface area (Å²) >= 11 is 0. The molecule has 0 aromatic heterocycles. The molecule has 9 heteroatoms. The summed E-state index contributed by atoms with van der Waals surface area (Å²) < 4.78 is 16.7. The summed E-state index contributed by atoms with van der Waals surface area (Å²) in [6.45, 7) is 12.0. The lowest BCUT2D eigenvalue weighted by molar-refractivity contribution is 0.00235. The molecule has 0 aliphatic rings. The minimum atomic E-state index is -0.274. The Labute approximate surface area is 275 Å². The average Bonchev–Trinajstić information content (AvgIpc) is 3.09. The summed E-state index contributed by atoms with van der Waals surface area (Å²) in [7, 11) is 1.64. The van der Waals surface area contributed by atoms with Crippen molar-refractivity contribution < 1.29 is 23.8 Å². The van der Waals surface area contributed by atoms with E-state index in [2.05, 4.69) is 20.8 Å². The van der Waals surface area contributed by atoms with E-state index in [1.165, 1.54) is 0 Å². The number of hydrogen-bond acceptors (Lipinski definition) is 5. The lowest BCUT2D eigenvalue weighted by atomic mass is 10.2. The molecule has 0 spiro atoms. The number of amides is 4. The molecule has 0 unspecified atom stereocenters. The highest BCUT2D eigenvalue weighted by Crippen LogP contribution is 2.28. The van der Waals surface area contributed by atoms with Crippen LogP contribution in [0.4, 0.5) is 32.3 Å². The largest absolute Gasteiger partial charge is 0.382 e. The van der Waals surface area contributed by atoms with E-state index in [-0.39, 0.29) is 18.2 Å². The number of ether oxygens (including phenoxy) is 3. The van der Waals surface area contributed by atoms with Crippen LogP contribution < -0.4 is 19.6 Å². The Morgan fingerprint density at radius 3 is 1.52 bits per heavy atom. The lowest BCUT2D eigenvalue weighted by Crippen LogP contribution is -2.47. The molecule has 3 rings (SSSR count). The van der Waals surface area contributed by atoms with Crippen molar-refractivity contribution in [1.82, 2.24) is 0 Å². The number of anilines is 4. The Morgan fingerprint density at radius 2 is 1.02 bits per heavy atom. The van der Waals surface area contributed by atoms with Crippen molar-refractivity contribution in [2.45, 2.75) is 53.1 Å². The van der Waals surface area contributed by atoms with Crippen LogP contribution in [0.25, 0.3) is 0 Å². The van der Waals surface area contributed by atoms with Gasteiger partial charge in [-0.3, -0.25) is 19.6 Å². The van der Waals surface area contributed by atoms with Crippen LogP contribution in [0.1, 0.15) is 47.0 Å². The van der Waals surface area contributed by atoms with Gasteiger partial charge in [-0.05, 0) is 68.7 Å². The van der Waals surface area contributed by atoms with E-state index in [0.717, 1.165) is 36.3 Å². The third kappa shape index (κ3) is 10.9. The van der Waals surface area contributed by atoms with Gasteiger partial charge < -0.3 is 14.2 Å². The summed E-state index contributed by atoms with van der Waals surface area (Å²) in [4.78, 5) is 35.7. The molecule has 1 atom stereocenters. The van der Waals surface area contributed by atoms with Crippen LogP contribution in [-0.2, 0) is 14.2 Å². The molecule has 0 heterocycles. The van der Waals surface area contributed by atoms with Gasteiger partial charge in [-0.1, -0.05) is 63.2 Å². The molecule has 0 saturated carbocycles. The SMILES string of the molecule is CCCN(C(=O)N(CCC)c1cccc(N(C[C@@H](C)OCCOCCOC)C(=O)N(CCC)c2ccccc2)c1)c1ccccc1. The van der Waals surface area contributed by atoms with E-state index >= 15 is 0 Å². The van der Waals surface area contributed by atoms with E-state index < -0.39 is 0 Å². The molecular weight excluding hydrogens is 580 g/mol. The van der Waals surface area contributed by atoms with Crippen LogP contribution >= 0.6 is 0 Å². The van der Waals surface area contributed by atoms with E-state index in [9.17, 15) is 9.59 Å². The molecule has 0 aliphatic carbocycles. The van der Waals surface area contributed by atoms with Crippen LogP contribution in [0, 0.1) is 0 Å². The summed E-state index contributed by atoms with van der Waals surface area (Å²) in [6.07, 6.45) is 2.13. The molecule has 3 aromatic carbocycles. The number of carbonyl (C=O) groups excluding carboxylic acids is 2. The summed E-state index contributed by atoms with van der Waals surface area (Å²) in [5.41, 5.74) is 3.12. The third-order valence-electron chi connectivity index (χ3n) is 7.36. The predicted octanol–water partition coefficient (Wildman–Crippen LogP) is 7.85. The van der Waals surface area contributed by atoms with Gasteiger partial charge in [-0.15, -0.1) is 0 Å². The minimum absolute atomic E-state index is 0.0907. The topological polar surface area (TPSA) is 74.8 Å². The smallest absolute Gasteiger partial charge is 0.329 e. The highest BCUT2D eigenvalue weighted by Gasteiger charge is 2.28. The van der Waals surface area contributed by atoms with Crippen LogP contribution in [-0.4, -0.2) is 77.9 Å². The molecule has 46 heavy (non-hydrogen) atoms. The zero-order valence-corrected chi connectivity index (χ0v) is 28.3. The molecule has 0 saturated heterocycles. The number of urea groups is 2. The maximum atomic E-state index is 14.4. The first-order valence-electron chi connectivity index (χ1n) is 16.5. The van der Waals surface area contributed by atoms with Gasteiger partial charge in [0.2, 0.25) is 0 Å². The number of rotatable bonds is 19. The van der Waals surface area contributed by atoms with Crippen molar-refractivity contribution in [3.8, 4) is 0 Å². The first-order chi connectivity index (χ1) is 22.4. The van der Waals surface area contributed by atoms with Crippen LogP contribution in [0.3, 0.4) is 0 Å². The van der Waals surface area contributed by atoms with Gasteiger partial charge in [0.1, 0.15) is 0 Å². The van der Waals surface area contributed by atoms with Gasteiger partial charge in [0, 0.05) is 49.5 Å². The van der Waals surface area contributed by atoms with Gasteiger partial charge in [0.05, 0.1) is 39.1 Å². The van der Waals surface area contributed by atoms with Gasteiger partial charge in [-0.2, -0.15) is 0 Å². The maximum absolute atomic E-state index is 14.4. The number of hydrogen-bond donors (Lipinski definition) is 0. The zero-order valence-electron chi connectivity index (χ0n) is 28.3. The highest BCUT2D eigenvalue weighted by molar-refractivity contribution is 6.06. The molecule has 9 nitrogen and oxygen atoms in total. The Bertz CT molecular complexity index is 1290. The second-order valence-electron chi connectivity index (χ2n) is 11.1. The molecule has 250 valence electrons. The van der Waals surface area contributed by atoms with E-state index in [4.69, 9.17) is 14.2 Å². The maximum Gasteiger partial charge on any atom is 0.329 e. The molecule has 0 aliphatic heterocycles. The molecule has 0 radical (unpaired) electrons. The fraction of sp³-hybridized carbons (Fsp3) is 0.459. The molecule has 4 amide bonds. The fourth-order valence-corrected chi connectivity index (χ4v) is 5.17. The Hall–Kier alpha value is -3.92. The Kier molecular flexibility index (Phi) is 16.1. The Balaban J connectivity index is 1.95. The van der Waals surface area contributed by atoms with Gasteiger partial charge in [-0.25, -0.2) is 9.59 Å². The molecule has 0 fully saturated rings. The normalized spacial score (nSPS) is 11.6. The van der Waals surface area contributed by atoms with E-state index in [0.29, 0.717) is 58.3 Å². The second-order valence-corrected chi connectivity index (χ2v) is 11.1. The molecule has 3 aromatic rings. The first kappa shape index (κ1) is 36.5. The fourth-order valence-electron chi connectivity index (χ4n) is 5.17. The molecule has 0 N–H and O–H groups in total. The van der Waals surface area contributed by atoms with Crippen molar-refractivity contribution >= 4 is 34.8 Å². The Morgan fingerprint density at radius 1 is 0.587 bits per heavy atom. The van der Waals surface area contributed by atoms with Crippen molar-refractivity contribution in [1.29, 1.82) is 0 Å². The van der Waals surface area contributed by atoms with E-state index in [1.807, 2.05) is 102 Å². The summed E-state index contributed by atoms with van der Waals surface area (Å²) in [5.74, 6) is 0. The number of carbonyl (C=O) groups is 2. The predicted molar refractivity (Wildman–Crippen MR) is 188 cm³/mol. The third-order valence-corrected chi connectivity index (χ3v) is 7.36. The van der Waals surface area contributed by atoms with Crippen LogP contribution in [0.5, 0.6) is 0 Å². The lowest BCUT2D eigenvalue weighted by Gasteiger charge is -2.34. The van der Waals surface area contributed by atoms with Crippen molar-refractivity contribution in [3.05, 3.63) is 84.9 Å². The van der Waals surface area contributed by atoms with Crippen LogP contribution in [0.2, 0.25) is 0 Å². The van der Waals surface area contributed by atoms with E-state index in [1.54, 1.807) is 16.9 Å². The minimum Gasteiger partial charge on any atom is -0.382 e.